The first kappa shape index (κ1) is 9.56. The summed E-state index contributed by atoms with van der Waals surface area (Å²) in [6, 6.07) is 2.72. The molecule has 78 valence electrons. The first-order valence-corrected chi connectivity index (χ1v) is 5.38. The maximum atomic E-state index is 4.51. The fraction of sp³-hybridized carbons (Fsp3) is 0.727. The number of nitrogens with zero attached hydrogens (tertiary/aromatic N) is 2. The van der Waals surface area contributed by atoms with E-state index in [0.717, 1.165) is 5.82 Å². The summed E-state index contributed by atoms with van der Waals surface area (Å²) in [5, 5.41) is 7.95. The molecule has 1 N–H and O–H groups in total. The lowest BCUT2D eigenvalue weighted by atomic mass is 9.93. The summed E-state index contributed by atoms with van der Waals surface area (Å²) >= 11 is 0. The standard InChI is InChI=1S/C11H19N3/c1-11(2,3)14-8-7-10(13-14)12-9-5-4-6-9/h7-9H,4-6H2,1-3H3,(H,12,13). The molecule has 0 saturated heterocycles. The van der Waals surface area contributed by atoms with Crippen LogP contribution in [-0.2, 0) is 5.54 Å². The molecule has 1 heterocycles. The van der Waals surface area contributed by atoms with Crippen LogP contribution >= 0.6 is 0 Å². The van der Waals surface area contributed by atoms with Crippen LogP contribution in [0.15, 0.2) is 12.3 Å². The number of rotatable bonds is 2. The highest BCUT2D eigenvalue weighted by Crippen LogP contribution is 2.23. The zero-order valence-corrected chi connectivity index (χ0v) is 9.25. The first-order valence-electron chi connectivity index (χ1n) is 5.38. The summed E-state index contributed by atoms with van der Waals surface area (Å²) in [6.45, 7) is 6.48. The van der Waals surface area contributed by atoms with Gasteiger partial charge in [0.05, 0.1) is 5.54 Å². The van der Waals surface area contributed by atoms with Crippen LogP contribution in [0.3, 0.4) is 0 Å². The maximum absolute atomic E-state index is 4.51. The average molecular weight is 193 g/mol. The van der Waals surface area contributed by atoms with E-state index in [0.29, 0.717) is 6.04 Å². The zero-order valence-electron chi connectivity index (χ0n) is 9.25. The Morgan fingerprint density at radius 2 is 2.14 bits per heavy atom. The predicted molar refractivity (Wildman–Crippen MR) is 58.5 cm³/mol. The van der Waals surface area contributed by atoms with Crippen molar-refractivity contribution in [2.45, 2.75) is 51.6 Å². The Morgan fingerprint density at radius 3 is 2.57 bits per heavy atom. The van der Waals surface area contributed by atoms with Crippen LogP contribution in [0, 0.1) is 0 Å². The SMILES string of the molecule is CC(C)(C)n1ccc(NC2CCC2)n1. The van der Waals surface area contributed by atoms with Gasteiger partial charge in [0.1, 0.15) is 5.82 Å². The van der Waals surface area contributed by atoms with Crippen molar-refractivity contribution in [2.75, 3.05) is 5.32 Å². The lowest BCUT2D eigenvalue weighted by Gasteiger charge is -2.26. The molecule has 0 radical (unpaired) electrons. The molecular formula is C11H19N3. The predicted octanol–water partition coefficient (Wildman–Crippen LogP) is 2.60. The van der Waals surface area contributed by atoms with Gasteiger partial charge >= 0.3 is 0 Å². The van der Waals surface area contributed by atoms with Gasteiger partial charge in [-0.05, 0) is 40.0 Å². The van der Waals surface area contributed by atoms with E-state index >= 15 is 0 Å². The summed E-state index contributed by atoms with van der Waals surface area (Å²) in [6.07, 6.45) is 5.99. The van der Waals surface area contributed by atoms with Crippen molar-refractivity contribution in [2.24, 2.45) is 0 Å². The van der Waals surface area contributed by atoms with E-state index in [4.69, 9.17) is 0 Å². The molecule has 0 atom stereocenters. The highest BCUT2D eigenvalue weighted by Gasteiger charge is 2.19. The molecule has 0 unspecified atom stereocenters. The third-order valence-electron chi connectivity index (χ3n) is 2.73. The minimum atomic E-state index is 0.0829. The highest BCUT2D eigenvalue weighted by molar-refractivity contribution is 5.34. The summed E-state index contributed by atoms with van der Waals surface area (Å²) in [5.74, 6) is 1.02. The molecule has 0 spiro atoms. The van der Waals surface area contributed by atoms with Gasteiger partial charge in [0.25, 0.3) is 0 Å². The van der Waals surface area contributed by atoms with Gasteiger partial charge in [-0.25, -0.2) is 0 Å². The van der Waals surface area contributed by atoms with E-state index in [-0.39, 0.29) is 5.54 Å². The molecule has 1 saturated carbocycles. The van der Waals surface area contributed by atoms with Crippen molar-refractivity contribution in [3.05, 3.63) is 12.3 Å². The Labute approximate surface area is 85.5 Å². The molecule has 1 aromatic heterocycles. The number of hydrogen-bond acceptors (Lipinski definition) is 2. The van der Waals surface area contributed by atoms with Crippen molar-refractivity contribution >= 4 is 5.82 Å². The van der Waals surface area contributed by atoms with Gasteiger partial charge in [-0.1, -0.05) is 0 Å². The van der Waals surface area contributed by atoms with Crippen molar-refractivity contribution < 1.29 is 0 Å². The Kier molecular flexibility index (Phi) is 2.25. The summed E-state index contributed by atoms with van der Waals surface area (Å²) in [5.41, 5.74) is 0.0829. The largest absolute Gasteiger partial charge is 0.366 e. The van der Waals surface area contributed by atoms with Gasteiger partial charge < -0.3 is 5.32 Å². The number of nitrogens with one attached hydrogen (secondary N) is 1. The van der Waals surface area contributed by atoms with Crippen LogP contribution < -0.4 is 5.32 Å². The lowest BCUT2D eigenvalue weighted by molar-refractivity contribution is 0.355. The van der Waals surface area contributed by atoms with E-state index in [1.807, 2.05) is 10.9 Å². The van der Waals surface area contributed by atoms with Crippen LogP contribution in [0.5, 0.6) is 0 Å². The highest BCUT2D eigenvalue weighted by atomic mass is 15.3. The molecule has 0 bridgehead atoms. The van der Waals surface area contributed by atoms with E-state index in [2.05, 4.69) is 37.3 Å². The summed E-state index contributed by atoms with van der Waals surface area (Å²) in [7, 11) is 0. The normalized spacial score (nSPS) is 17.9. The van der Waals surface area contributed by atoms with Crippen LogP contribution in [-0.4, -0.2) is 15.8 Å². The second-order valence-corrected chi connectivity index (χ2v) is 5.09. The summed E-state index contributed by atoms with van der Waals surface area (Å²) < 4.78 is 2.01. The van der Waals surface area contributed by atoms with Crippen LogP contribution in [0.4, 0.5) is 5.82 Å². The fourth-order valence-corrected chi connectivity index (χ4v) is 1.54. The van der Waals surface area contributed by atoms with Gasteiger partial charge in [0, 0.05) is 18.3 Å². The van der Waals surface area contributed by atoms with Crippen molar-refractivity contribution in [3.63, 3.8) is 0 Å². The molecule has 3 heteroatoms. The topological polar surface area (TPSA) is 29.9 Å². The average Bonchev–Trinajstić information content (AvgIpc) is 2.43. The molecule has 1 aliphatic rings. The quantitative estimate of drug-likeness (QED) is 0.782. The van der Waals surface area contributed by atoms with E-state index in [1.54, 1.807) is 0 Å². The molecule has 3 nitrogen and oxygen atoms in total. The second kappa shape index (κ2) is 3.30. The van der Waals surface area contributed by atoms with Crippen LogP contribution in [0.1, 0.15) is 40.0 Å². The maximum Gasteiger partial charge on any atom is 0.148 e. The molecule has 1 aromatic rings. The molecule has 2 rings (SSSR count). The Morgan fingerprint density at radius 1 is 1.43 bits per heavy atom. The Bertz CT molecular complexity index is 305. The molecule has 0 aromatic carbocycles. The molecule has 1 fully saturated rings. The van der Waals surface area contributed by atoms with Gasteiger partial charge in [-0.2, -0.15) is 5.10 Å². The molecule has 1 aliphatic carbocycles. The monoisotopic (exact) mass is 193 g/mol. The smallest absolute Gasteiger partial charge is 0.148 e. The zero-order chi connectivity index (χ0) is 10.2. The van der Waals surface area contributed by atoms with Gasteiger partial charge in [0.2, 0.25) is 0 Å². The van der Waals surface area contributed by atoms with E-state index in [1.165, 1.54) is 19.3 Å². The molecule has 14 heavy (non-hydrogen) atoms. The lowest BCUT2D eigenvalue weighted by Crippen LogP contribution is -2.28. The number of aromatic nitrogens is 2. The van der Waals surface area contributed by atoms with Gasteiger partial charge in [0.15, 0.2) is 0 Å². The minimum absolute atomic E-state index is 0.0829. The number of hydrogen-bond donors (Lipinski definition) is 1. The molecular weight excluding hydrogens is 174 g/mol. The van der Waals surface area contributed by atoms with Crippen LogP contribution in [0.25, 0.3) is 0 Å². The third kappa shape index (κ3) is 1.91. The first-order chi connectivity index (χ1) is 6.55. The van der Waals surface area contributed by atoms with Crippen molar-refractivity contribution in [1.29, 1.82) is 0 Å². The van der Waals surface area contributed by atoms with E-state index < -0.39 is 0 Å². The Balaban J connectivity index is 2.02. The number of anilines is 1. The van der Waals surface area contributed by atoms with Crippen molar-refractivity contribution in [3.8, 4) is 0 Å². The van der Waals surface area contributed by atoms with Crippen LogP contribution in [0.2, 0.25) is 0 Å². The Hall–Kier alpha value is -0.990. The molecule has 0 amide bonds. The van der Waals surface area contributed by atoms with Gasteiger partial charge in [-0.15, -0.1) is 0 Å². The fourth-order valence-electron chi connectivity index (χ4n) is 1.54. The van der Waals surface area contributed by atoms with Gasteiger partial charge in [-0.3, -0.25) is 4.68 Å². The van der Waals surface area contributed by atoms with Crippen molar-refractivity contribution in [1.82, 2.24) is 9.78 Å². The summed E-state index contributed by atoms with van der Waals surface area (Å²) in [4.78, 5) is 0. The van der Waals surface area contributed by atoms with E-state index in [9.17, 15) is 0 Å². The molecule has 0 aliphatic heterocycles. The second-order valence-electron chi connectivity index (χ2n) is 5.09. The third-order valence-corrected chi connectivity index (χ3v) is 2.73. The minimum Gasteiger partial charge on any atom is -0.366 e.